The van der Waals surface area contributed by atoms with E-state index in [1.807, 2.05) is 6.92 Å². The van der Waals surface area contributed by atoms with Crippen molar-refractivity contribution in [3.05, 3.63) is 33.9 Å². The number of benzene rings is 1. The van der Waals surface area contributed by atoms with Gasteiger partial charge in [-0.25, -0.2) is 4.79 Å². The quantitative estimate of drug-likeness (QED) is 0.645. The lowest BCUT2D eigenvalue weighted by Crippen LogP contribution is -2.14. The zero-order valence-corrected chi connectivity index (χ0v) is 9.73. The minimum absolute atomic E-state index is 0.0682. The zero-order chi connectivity index (χ0) is 12.8. The number of ether oxygens (including phenoxy) is 1. The molecule has 0 unspecified atom stereocenters. The standard InChI is InChI=1S/C11H14N2O4/c1-3-6-17-11(14)12-10-7-9(13(15)16)5-4-8(10)2/h4-5,7H,3,6H2,1-2H3,(H,12,14). The van der Waals surface area contributed by atoms with Gasteiger partial charge in [0.05, 0.1) is 17.2 Å². The number of nitrogens with one attached hydrogen (secondary N) is 1. The van der Waals surface area contributed by atoms with Crippen molar-refractivity contribution in [1.29, 1.82) is 0 Å². The monoisotopic (exact) mass is 238 g/mol. The molecule has 6 heteroatoms. The number of aryl methyl sites for hydroxylation is 1. The van der Waals surface area contributed by atoms with Crippen molar-refractivity contribution in [1.82, 2.24) is 0 Å². The van der Waals surface area contributed by atoms with Crippen molar-refractivity contribution in [3.63, 3.8) is 0 Å². The van der Waals surface area contributed by atoms with Crippen LogP contribution in [0.1, 0.15) is 18.9 Å². The first kappa shape index (κ1) is 13.0. The molecule has 0 aromatic heterocycles. The van der Waals surface area contributed by atoms with Crippen molar-refractivity contribution in [2.75, 3.05) is 11.9 Å². The van der Waals surface area contributed by atoms with Crippen LogP contribution in [0.15, 0.2) is 18.2 Å². The number of rotatable bonds is 4. The lowest BCUT2D eigenvalue weighted by atomic mass is 10.2. The van der Waals surface area contributed by atoms with E-state index in [1.54, 1.807) is 13.0 Å². The molecular weight excluding hydrogens is 224 g/mol. The molecule has 0 spiro atoms. The van der Waals surface area contributed by atoms with Crippen LogP contribution in [0.2, 0.25) is 0 Å². The van der Waals surface area contributed by atoms with Gasteiger partial charge in [0.1, 0.15) is 0 Å². The average molecular weight is 238 g/mol. The SMILES string of the molecule is CCCOC(=O)Nc1cc([N+](=O)[O-])ccc1C. The Kier molecular flexibility index (Phi) is 4.45. The molecule has 6 nitrogen and oxygen atoms in total. The molecule has 92 valence electrons. The van der Waals surface area contributed by atoms with Crippen LogP contribution in [0.3, 0.4) is 0 Å². The lowest BCUT2D eigenvalue weighted by molar-refractivity contribution is -0.384. The molecule has 0 aliphatic rings. The second-order valence-corrected chi connectivity index (χ2v) is 3.52. The highest BCUT2D eigenvalue weighted by Crippen LogP contribution is 2.21. The molecule has 0 atom stereocenters. The van der Waals surface area contributed by atoms with Crippen LogP contribution in [0, 0.1) is 17.0 Å². The molecule has 1 aromatic rings. The lowest BCUT2D eigenvalue weighted by Gasteiger charge is -2.08. The molecule has 17 heavy (non-hydrogen) atoms. The van der Waals surface area contributed by atoms with E-state index in [1.165, 1.54) is 12.1 Å². The molecule has 0 bridgehead atoms. The average Bonchev–Trinajstić information content (AvgIpc) is 2.29. The number of hydrogen-bond acceptors (Lipinski definition) is 4. The smallest absolute Gasteiger partial charge is 0.411 e. The van der Waals surface area contributed by atoms with E-state index in [4.69, 9.17) is 4.74 Å². The first-order valence-corrected chi connectivity index (χ1v) is 5.23. The minimum Gasteiger partial charge on any atom is -0.449 e. The van der Waals surface area contributed by atoms with Gasteiger partial charge in [0.25, 0.3) is 5.69 Å². The summed E-state index contributed by atoms with van der Waals surface area (Å²) in [4.78, 5) is 21.4. The Morgan fingerprint density at radius 3 is 2.82 bits per heavy atom. The number of amides is 1. The first-order chi connectivity index (χ1) is 8.04. The summed E-state index contributed by atoms with van der Waals surface area (Å²) in [6.07, 6.45) is 0.122. The normalized spacial score (nSPS) is 9.76. The molecule has 1 aromatic carbocycles. The fraction of sp³-hybridized carbons (Fsp3) is 0.364. The van der Waals surface area contributed by atoms with E-state index < -0.39 is 11.0 Å². The number of non-ortho nitro benzene ring substituents is 1. The molecule has 0 fully saturated rings. The Bertz CT molecular complexity index is 431. The van der Waals surface area contributed by atoms with Gasteiger partial charge >= 0.3 is 6.09 Å². The highest BCUT2D eigenvalue weighted by molar-refractivity contribution is 5.86. The maximum Gasteiger partial charge on any atom is 0.411 e. The van der Waals surface area contributed by atoms with Crippen molar-refractivity contribution in [3.8, 4) is 0 Å². The van der Waals surface area contributed by atoms with Crippen molar-refractivity contribution in [2.45, 2.75) is 20.3 Å². The van der Waals surface area contributed by atoms with Gasteiger partial charge in [-0.15, -0.1) is 0 Å². The molecule has 0 aliphatic carbocycles. The van der Waals surface area contributed by atoms with Gasteiger partial charge in [-0.1, -0.05) is 13.0 Å². The molecule has 0 saturated carbocycles. The van der Waals surface area contributed by atoms with Gasteiger partial charge in [0, 0.05) is 12.1 Å². The summed E-state index contributed by atoms with van der Waals surface area (Å²) >= 11 is 0. The van der Waals surface area contributed by atoms with Gasteiger partial charge in [-0.3, -0.25) is 15.4 Å². The van der Waals surface area contributed by atoms with E-state index in [0.29, 0.717) is 12.3 Å². The second kappa shape index (κ2) is 5.83. The molecule has 0 saturated heterocycles. The second-order valence-electron chi connectivity index (χ2n) is 3.52. The van der Waals surface area contributed by atoms with Crippen LogP contribution < -0.4 is 5.32 Å². The summed E-state index contributed by atoms with van der Waals surface area (Å²) in [5.74, 6) is 0. The van der Waals surface area contributed by atoms with Crippen molar-refractivity contribution >= 4 is 17.5 Å². The van der Waals surface area contributed by atoms with E-state index in [0.717, 1.165) is 12.0 Å². The fourth-order valence-electron chi connectivity index (χ4n) is 1.20. The summed E-state index contributed by atoms with van der Waals surface area (Å²) in [7, 11) is 0. The third kappa shape index (κ3) is 3.75. The minimum atomic E-state index is -0.601. The molecule has 0 heterocycles. The highest BCUT2D eigenvalue weighted by atomic mass is 16.6. The Morgan fingerprint density at radius 2 is 2.24 bits per heavy atom. The highest BCUT2D eigenvalue weighted by Gasteiger charge is 2.11. The number of carbonyl (C=O) groups is 1. The van der Waals surface area contributed by atoms with Gasteiger partial charge < -0.3 is 4.74 Å². The number of nitro groups is 1. The molecule has 0 aliphatic heterocycles. The van der Waals surface area contributed by atoms with Crippen LogP contribution in [0.5, 0.6) is 0 Å². The summed E-state index contributed by atoms with van der Waals surface area (Å²) in [6, 6.07) is 4.27. The van der Waals surface area contributed by atoms with Crippen molar-refractivity contribution in [2.24, 2.45) is 0 Å². The van der Waals surface area contributed by atoms with Gasteiger partial charge in [0.15, 0.2) is 0 Å². The van der Waals surface area contributed by atoms with Crippen LogP contribution in [0.25, 0.3) is 0 Å². The largest absolute Gasteiger partial charge is 0.449 e. The topological polar surface area (TPSA) is 81.5 Å². The Hall–Kier alpha value is -2.11. The number of hydrogen-bond donors (Lipinski definition) is 1. The predicted octanol–water partition coefficient (Wildman–Crippen LogP) is 2.86. The maximum atomic E-state index is 11.3. The van der Waals surface area contributed by atoms with Crippen LogP contribution in [-0.4, -0.2) is 17.6 Å². The van der Waals surface area contributed by atoms with E-state index in [-0.39, 0.29) is 5.69 Å². The third-order valence-corrected chi connectivity index (χ3v) is 2.11. The number of carbonyl (C=O) groups excluding carboxylic acids is 1. The number of anilines is 1. The molecule has 1 amide bonds. The van der Waals surface area contributed by atoms with Crippen LogP contribution in [-0.2, 0) is 4.74 Å². The van der Waals surface area contributed by atoms with Gasteiger partial charge in [0.2, 0.25) is 0 Å². The molecular formula is C11H14N2O4. The molecule has 1 rings (SSSR count). The van der Waals surface area contributed by atoms with E-state index in [2.05, 4.69) is 5.32 Å². The maximum absolute atomic E-state index is 11.3. The summed E-state index contributed by atoms with van der Waals surface area (Å²) in [5.41, 5.74) is 1.06. The van der Waals surface area contributed by atoms with Crippen molar-refractivity contribution < 1.29 is 14.5 Å². The number of nitrogens with zero attached hydrogens (tertiary/aromatic N) is 1. The summed E-state index contributed by atoms with van der Waals surface area (Å²) in [5, 5.41) is 13.1. The van der Waals surface area contributed by atoms with Crippen LogP contribution in [0.4, 0.5) is 16.2 Å². The third-order valence-electron chi connectivity index (χ3n) is 2.11. The molecule has 1 N–H and O–H groups in total. The first-order valence-electron chi connectivity index (χ1n) is 5.23. The van der Waals surface area contributed by atoms with E-state index >= 15 is 0 Å². The molecule has 0 radical (unpaired) electrons. The van der Waals surface area contributed by atoms with E-state index in [9.17, 15) is 14.9 Å². The fourth-order valence-corrected chi connectivity index (χ4v) is 1.20. The zero-order valence-electron chi connectivity index (χ0n) is 9.73. The van der Waals surface area contributed by atoms with Gasteiger partial charge in [-0.2, -0.15) is 0 Å². The Balaban J connectivity index is 2.79. The van der Waals surface area contributed by atoms with Crippen LogP contribution >= 0.6 is 0 Å². The Morgan fingerprint density at radius 1 is 1.53 bits per heavy atom. The number of nitro benzene ring substituents is 1. The summed E-state index contributed by atoms with van der Waals surface area (Å²) in [6.45, 7) is 3.95. The van der Waals surface area contributed by atoms with Gasteiger partial charge in [-0.05, 0) is 18.9 Å². The predicted molar refractivity (Wildman–Crippen MR) is 63.1 cm³/mol. The summed E-state index contributed by atoms with van der Waals surface area (Å²) < 4.78 is 4.83. The Labute approximate surface area is 98.7 Å².